The Morgan fingerprint density at radius 1 is 1.04 bits per heavy atom. The number of aryl methyl sites for hydroxylation is 1. The lowest BCUT2D eigenvalue weighted by Crippen LogP contribution is -2.29. The van der Waals surface area contributed by atoms with Gasteiger partial charge in [0.1, 0.15) is 0 Å². The molecule has 2 amide bonds. The number of alkyl halides is 3. The van der Waals surface area contributed by atoms with Gasteiger partial charge in [-0.05, 0) is 43.2 Å². The van der Waals surface area contributed by atoms with Crippen molar-refractivity contribution in [3.8, 4) is 0 Å². The molecule has 0 unspecified atom stereocenters. The van der Waals surface area contributed by atoms with E-state index in [2.05, 4.69) is 10.5 Å². The lowest BCUT2D eigenvalue weighted by Gasteiger charge is -2.09. The second kappa shape index (κ2) is 7.81. The number of amides is 2. The first-order valence-electron chi connectivity index (χ1n) is 7.57. The van der Waals surface area contributed by atoms with E-state index in [4.69, 9.17) is 0 Å². The zero-order chi connectivity index (χ0) is 19.3. The molecule has 0 fully saturated rings. The smallest absolute Gasteiger partial charge is 0.318 e. The van der Waals surface area contributed by atoms with Gasteiger partial charge < -0.3 is 5.32 Å². The fraction of sp³-hybridized carbons (Fsp3) is 0.167. The van der Waals surface area contributed by atoms with Crippen molar-refractivity contribution < 1.29 is 22.8 Å². The summed E-state index contributed by atoms with van der Waals surface area (Å²) in [4.78, 5) is 23.1. The van der Waals surface area contributed by atoms with Crippen LogP contribution in [0.3, 0.4) is 0 Å². The number of hydrogen-bond donors (Lipinski definition) is 2. The van der Waals surface area contributed by atoms with Crippen molar-refractivity contribution >= 4 is 23.2 Å². The first-order valence-corrected chi connectivity index (χ1v) is 7.57. The average Bonchev–Trinajstić information content (AvgIpc) is 2.59. The molecular formula is C18H16F3N3O2. The van der Waals surface area contributed by atoms with Crippen LogP contribution in [0.25, 0.3) is 0 Å². The minimum absolute atomic E-state index is 0.0235. The van der Waals surface area contributed by atoms with Gasteiger partial charge in [-0.25, -0.2) is 5.43 Å². The highest BCUT2D eigenvalue weighted by atomic mass is 19.4. The quantitative estimate of drug-likeness (QED) is 0.643. The Morgan fingerprint density at radius 2 is 1.73 bits per heavy atom. The Hall–Kier alpha value is -3.16. The van der Waals surface area contributed by atoms with Crippen LogP contribution in [-0.4, -0.2) is 23.7 Å². The van der Waals surface area contributed by atoms with Gasteiger partial charge in [0.25, 0.3) is 5.91 Å². The summed E-state index contributed by atoms with van der Waals surface area (Å²) in [5, 5.41) is 5.73. The number of hydrogen-bond acceptors (Lipinski definition) is 3. The van der Waals surface area contributed by atoms with Gasteiger partial charge in [0.05, 0.1) is 5.71 Å². The molecule has 0 bridgehead atoms. The summed E-state index contributed by atoms with van der Waals surface area (Å²) < 4.78 is 36.9. The SMILES string of the molecule is CC(=NNC(=O)c1ccccc1C)c1cccc(NC(=O)C(F)(F)F)c1. The van der Waals surface area contributed by atoms with Crippen LogP contribution in [0.15, 0.2) is 53.6 Å². The standard InChI is InChI=1S/C18H16F3N3O2/c1-11-6-3-4-9-15(11)16(25)24-23-12(2)13-7-5-8-14(10-13)22-17(26)18(19,20)21/h3-10H,1-2H3,(H,22,26)(H,24,25). The molecule has 2 aromatic rings. The average molecular weight is 363 g/mol. The van der Waals surface area contributed by atoms with Crippen LogP contribution < -0.4 is 10.7 Å². The molecular weight excluding hydrogens is 347 g/mol. The number of rotatable bonds is 4. The van der Waals surface area contributed by atoms with Gasteiger partial charge >= 0.3 is 12.1 Å². The second-order valence-electron chi connectivity index (χ2n) is 5.49. The van der Waals surface area contributed by atoms with Crippen LogP contribution in [0.4, 0.5) is 18.9 Å². The van der Waals surface area contributed by atoms with Crippen molar-refractivity contribution in [1.82, 2.24) is 5.43 Å². The molecule has 8 heteroatoms. The highest BCUT2D eigenvalue weighted by molar-refractivity contribution is 6.02. The molecule has 0 saturated heterocycles. The Kier molecular flexibility index (Phi) is 5.76. The molecule has 2 rings (SSSR count). The lowest BCUT2D eigenvalue weighted by molar-refractivity contribution is -0.167. The third kappa shape index (κ3) is 4.92. The van der Waals surface area contributed by atoms with E-state index in [9.17, 15) is 22.8 Å². The van der Waals surface area contributed by atoms with Gasteiger partial charge in [-0.2, -0.15) is 18.3 Å². The summed E-state index contributed by atoms with van der Waals surface area (Å²) in [6.07, 6.45) is -4.97. The number of nitrogens with one attached hydrogen (secondary N) is 2. The Balaban J connectivity index is 2.12. The van der Waals surface area contributed by atoms with E-state index in [0.29, 0.717) is 16.8 Å². The number of carbonyl (C=O) groups is 2. The molecule has 0 atom stereocenters. The molecule has 0 spiro atoms. The summed E-state index contributed by atoms with van der Waals surface area (Å²) in [6, 6.07) is 12.7. The first-order chi connectivity index (χ1) is 12.2. The minimum atomic E-state index is -4.97. The van der Waals surface area contributed by atoms with E-state index < -0.39 is 18.0 Å². The molecule has 0 aliphatic carbocycles. The van der Waals surface area contributed by atoms with Crippen LogP contribution in [0.5, 0.6) is 0 Å². The van der Waals surface area contributed by atoms with Crippen molar-refractivity contribution in [2.75, 3.05) is 5.32 Å². The van der Waals surface area contributed by atoms with Crippen LogP contribution in [0, 0.1) is 6.92 Å². The first kappa shape index (κ1) is 19.2. The van der Waals surface area contributed by atoms with E-state index in [1.807, 2.05) is 0 Å². The second-order valence-corrected chi connectivity index (χ2v) is 5.49. The molecule has 0 aromatic heterocycles. The van der Waals surface area contributed by atoms with Gasteiger partial charge in [0, 0.05) is 11.3 Å². The molecule has 0 saturated carbocycles. The maximum atomic E-state index is 12.3. The molecule has 0 aliphatic rings. The summed E-state index contributed by atoms with van der Waals surface area (Å²) >= 11 is 0. The topological polar surface area (TPSA) is 70.6 Å². The summed E-state index contributed by atoms with van der Waals surface area (Å²) in [6.45, 7) is 3.38. The van der Waals surface area contributed by atoms with E-state index in [-0.39, 0.29) is 5.69 Å². The third-order valence-corrected chi connectivity index (χ3v) is 3.51. The van der Waals surface area contributed by atoms with E-state index in [1.54, 1.807) is 49.5 Å². The maximum absolute atomic E-state index is 12.3. The third-order valence-electron chi connectivity index (χ3n) is 3.51. The molecule has 26 heavy (non-hydrogen) atoms. The minimum Gasteiger partial charge on any atom is -0.318 e. The molecule has 136 valence electrons. The number of carbonyl (C=O) groups excluding carboxylic acids is 2. The number of halogens is 3. The molecule has 2 N–H and O–H groups in total. The van der Waals surface area contributed by atoms with Crippen LogP contribution in [0.2, 0.25) is 0 Å². The van der Waals surface area contributed by atoms with Crippen molar-refractivity contribution in [3.63, 3.8) is 0 Å². The zero-order valence-corrected chi connectivity index (χ0v) is 14.0. The van der Waals surface area contributed by atoms with Gasteiger partial charge in [-0.3, -0.25) is 9.59 Å². The Bertz CT molecular complexity index is 861. The van der Waals surface area contributed by atoms with E-state index in [1.165, 1.54) is 18.2 Å². The molecule has 5 nitrogen and oxygen atoms in total. The molecule has 2 aromatic carbocycles. The zero-order valence-electron chi connectivity index (χ0n) is 14.0. The van der Waals surface area contributed by atoms with Crippen LogP contribution in [0.1, 0.15) is 28.4 Å². The number of benzene rings is 2. The molecule has 0 heterocycles. The lowest BCUT2D eigenvalue weighted by atomic mass is 10.1. The van der Waals surface area contributed by atoms with Crippen molar-refractivity contribution in [2.45, 2.75) is 20.0 Å². The fourth-order valence-electron chi connectivity index (χ4n) is 2.11. The monoisotopic (exact) mass is 363 g/mol. The number of nitrogens with zero attached hydrogens (tertiary/aromatic N) is 1. The predicted octanol–water partition coefficient (Wildman–Crippen LogP) is 3.65. The summed E-state index contributed by atoms with van der Waals surface area (Å²) in [5.41, 5.74) is 4.46. The Morgan fingerprint density at radius 3 is 2.38 bits per heavy atom. The largest absolute Gasteiger partial charge is 0.471 e. The number of anilines is 1. The van der Waals surface area contributed by atoms with E-state index in [0.717, 1.165) is 5.56 Å². The normalized spacial score (nSPS) is 11.8. The summed E-state index contributed by atoms with van der Waals surface area (Å²) in [7, 11) is 0. The maximum Gasteiger partial charge on any atom is 0.471 e. The number of hydrazone groups is 1. The van der Waals surface area contributed by atoms with Gasteiger partial charge in [0.2, 0.25) is 0 Å². The Labute approximate surface area is 147 Å². The van der Waals surface area contributed by atoms with E-state index >= 15 is 0 Å². The van der Waals surface area contributed by atoms with Crippen molar-refractivity contribution in [1.29, 1.82) is 0 Å². The summed E-state index contributed by atoms with van der Waals surface area (Å²) in [5.74, 6) is -2.46. The van der Waals surface area contributed by atoms with Crippen molar-refractivity contribution in [2.24, 2.45) is 5.10 Å². The molecule has 0 aliphatic heterocycles. The van der Waals surface area contributed by atoms with Gasteiger partial charge in [0.15, 0.2) is 0 Å². The predicted molar refractivity (Wildman–Crippen MR) is 92.0 cm³/mol. The fourth-order valence-corrected chi connectivity index (χ4v) is 2.11. The highest BCUT2D eigenvalue weighted by Crippen LogP contribution is 2.19. The van der Waals surface area contributed by atoms with Gasteiger partial charge in [-0.1, -0.05) is 30.3 Å². The van der Waals surface area contributed by atoms with Crippen LogP contribution in [-0.2, 0) is 4.79 Å². The molecule has 0 radical (unpaired) electrons. The van der Waals surface area contributed by atoms with Gasteiger partial charge in [-0.15, -0.1) is 0 Å². The van der Waals surface area contributed by atoms with Crippen molar-refractivity contribution in [3.05, 3.63) is 65.2 Å². The highest BCUT2D eigenvalue weighted by Gasteiger charge is 2.38. The van der Waals surface area contributed by atoms with Crippen LogP contribution >= 0.6 is 0 Å².